The smallest absolute Gasteiger partial charge is 0.164 e. The molecule has 0 aromatic heterocycles. The highest BCUT2D eigenvalue weighted by molar-refractivity contribution is 5.85. The molecule has 2 nitrogen and oxygen atoms in total. The summed E-state index contributed by atoms with van der Waals surface area (Å²) in [5.41, 5.74) is 0. The van der Waals surface area contributed by atoms with Crippen LogP contribution in [0, 0.1) is 17.8 Å². The van der Waals surface area contributed by atoms with Crippen molar-refractivity contribution in [2.24, 2.45) is 17.8 Å². The van der Waals surface area contributed by atoms with Crippen LogP contribution in [-0.4, -0.2) is 17.0 Å². The third-order valence-electron chi connectivity index (χ3n) is 5.21. The van der Waals surface area contributed by atoms with Crippen molar-refractivity contribution < 1.29 is 9.90 Å². The van der Waals surface area contributed by atoms with E-state index in [1.165, 1.54) is 38.5 Å². The molecular formula is C16H28O2. The average Bonchev–Trinajstić information content (AvgIpc) is 2.47. The number of rotatable bonds is 4. The van der Waals surface area contributed by atoms with Gasteiger partial charge < -0.3 is 5.11 Å². The molecule has 0 aromatic carbocycles. The van der Waals surface area contributed by atoms with Gasteiger partial charge in [0.05, 0.1) is 0 Å². The molecule has 18 heavy (non-hydrogen) atoms. The minimum Gasteiger partial charge on any atom is -0.385 e. The van der Waals surface area contributed by atoms with Crippen molar-refractivity contribution in [2.45, 2.75) is 77.2 Å². The molecule has 0 heterocycles. The molecule has 104 valence electrons. The monoisotopic (exact) mass is 252 g/mol. The van der Waals surface area contributed by atoms with Gasteiger partial charge in [-0.2, -0.15) is 0 Å². The van der Waals surface area contributed by atoms with Gasteiger partial charge in [0.25, 0.3) is 0 Å². The van der Waals surface area contributed by atoms with Gasteiger partial charge in [-0.1, -0.05) is 32.6 Å². The molecule has 2 rings (SSSR count). The van der Waals surface area contributed by atoms with Crippen LogP contribution in [0.2, 0.25) is 0 Å². The number of Topliss-reactive ketones (excluding diaryl/α,β-unsaturated/α-hetero) is 1. The third kappa shape index (κ3) is 3.34. The Morgan fingerprint density at radius 3 is 2.22 bits per heavy atom. The fourth-order valence-corrected chi connectivity index (χ4v) is 3.78. The molecule has 1 N–H and O–H groups in total. The van der Waals surface area contributed by atoms with Gasteiger partial charge in [0.1, 0.15) is 6.10 Å². The van der Waals surface area contributed by atoms with Gasteiger partial charge in [0.15, 0.2) is 5.78 Å². The standard InChI is InChI=1S/C16H28O2/c1-2-12-8-10-14(11-9-12)16(18)15(17)13-6-4-3-5-7-13/h12-15,17H,2-11H2,1H3. The minimum absolute atomic E-state index is 0.157. The lowest BCUT2D eigenvalue weighted by atomic mass is 9.75. The maximum atomic E-state index is 12.3. The van der Waals surface area contributed by atoms with Crippen molar-refractivity contribution in [2.75, 3.05) is 0 Å². The lowest BCUT2D eigenvalue weighted by Crippen LogP contribution is -2.37. The Labute approximate surface area is 111 Å². The molecule has 0 aromatic rings. The van der Waals surface area contributed by atoms with Crippen LogP contribution in [0.1, 0.15) is 71.1 Å². The van der Waals surface area contributed by atoms with Crippen LogP contribution in [0.25, 0.3) is 0 Å². The van der Waals surface area contributed by atoms with Crippen LogP contribution in [0.5, 0.6) is 0 Å². The van der Waals surface area contributed by atoms with E-state index in [0.717, 1.165) is 31.6 Å². The summed E-state index contributed by atoms with van der Waals surface area (Å²) in [6, 6.07) is 0. The van der Waals surface area contributed by atoms with Crippen LogP contribution in [0.4, 0.5) is 0 Å². The summed E-state index contributed by atoms with van der Waals surface area (Å²) < 4.78 is 0. The summed E-state index contributed by atoms with van der Waals surface area (Å²) in [4.78, 5) is 12.3. The summed E-state index contributed by atoms with van der Waals surface area (Å²) in [6.07, 6.45) is 10.7. The van der Waals surface area contributed by atoms with Crippen molar-refractivity contribution in [3.05, 3.63) is 0 Å². The van der Waals surface area contributed by atoms with E-state index in [1.54, 1.807) is 0 Å². The number of hydrogen-bond acceptors (Lipinski definition) is 2. The maximum absolute atomic E-state index is 12.3. The van der Waals surface area contributed by atoms with E-state index in [9.17, 15) is 9.90 Å². The van der Waals surface area contributed by atoms with Crippen LogP contribution >= 0.6 is 0 Å². The molecule has 0 radical (unpaired) electrons. The Balaban J connectivity index is 1.83. The molecule has 0 spiro atoms. The second kappa shape index (κ2) is 6.70. The van der Waals surface area contributed by atoms with E-state index in [1.807, 2.05) is 0 Å². The maximum Gasteiger partial charge on any atom is 0.164 e. The first-order chi connectivity index (χ1) is 8.72. The van der Waals surface area contributed by atoms with Crippen molar-refractivity contribution in [3.8, 4) is 0 Å². The molecule has 1 unspecified atom stereocenters. The Morgan fingerprint density at radius 1 is 1.06 bits per heavy atom. The minimum atomic E-state index is -0.659. The first-order valence-electron chi connectivity index (χ1n) is 7.94. The highest BCUT2D eigenvalue weighted by Gasteiger charge is 2.33. The Hall–Kier alpha value is -0.370. The molecule has 2 saturated carbocycles. The number of aliphatic hydroxyl groups is 1. The lowest BCUT2D eigenvalue weighted by Gasteiger charge is -2.31. The zero-order valence-electron chi connectivity index (χ0n) is 11.7. The van der Waals surface area contributed by atoms with Gasteiger partial charge in [-0.25, -0.2) is 0 Å². The fourth-order valence-electron chi connectivity index (χ4n) is 3.78. The molecule has 2 heteroatoms. The van der Waals surface area contributed by atoms with Gasteiger partial charge in [0, 0.05) is 5.92 Å². The summed E-state index contributed by atoms with van der Waals surface area (Å²) in [7, 11) is 0. The SMILES string of the molecule is CCC1CCC(C(=O)C(O)C2CCCCC2)CC1. The molecular weight excluding hydrogens is 224 g/mol. The second-order valence-corrected chi connectivity index (χ2v) is 6.37. The average molecular weight is 252 g/mol. The van der Waals surface area contributed by atoms with Crippen LogP contribution in [-0.2, 0) is 4.79 Å². The summed E-state index contributed by atoms with van der Waals surface area (Å²) in [5.74, 6) is 1.40. The van der Waals surface area contributed by atoms with E-state index < -0.39 is 6.10 Å². The summed E-state index contributed by atoms with van der Waals surface area (Å²) >= 11 is 0. The first-order valence-corrected chi connectivity index (χ1v) is 7.94. The van der Waals surface area contributed by atoms with Gasteiger partial charge in [-0.05, 0) is 50.4 Å². The first kappa shape index (κ1) is 14.0. The molecule has 0 bridgehead atoms. The number of hydrogen-bond donors (Lipinski definition) is 1. The van der Waals surface area contributed by atoms with Crippen molar-refractivity contribution >= 4 is 5.78 Å². The molecule has 2 aliphatic rings. The Kier molecular flexibility index (Phi) is 5.23. The van der Waals surface area contributed by atoms with E-state index in [-0.39, 0.29) is 17.6 Å². The van der Waals surface area contributed by atoms with Gasteiger partial charge in [-0.15, -0.1) is 0 Å². The number of carbonyl (C=O) groups is 1. The largest absolute Gasteiger partial charge is 0.385 e. The number of aliphatic hydroxyl groups excluding tert-OH is 1. The molecule has 2 fully saturated rings. The molecule has 1 atom stereocenters. The van der Waals surface area contributed by atoms with E-state index in [0.29, 0.717) is 0 Å². The zero-order chi connectivity index (χ0) is 13.0. The van der Waals surface area contributed by atoms with Gasteiger partial charge in [-0.3, -0.25) is 4.79 Å². The van der Waals surface area contributed by atoms with Crippen LogP contribution in [0.3, 0.4) is 0 Å². The number of carbonyl (C=O) groups excluding carboxylic acids is 1. The quantitative estimate of drug-likeness (QED) is 0.828. The Bertz CT molecular complexity index is 260. The van der Waals surface area contributed by atoms with Crippen LogP contribution < -0.4 is 0 Å². The van der Waals surface area contributed by atoms with Crippen molar-refractivity contribution in [3.63, 3.8) is 0 Å². The number of ketones is 1. The third-order valence-corrected chi connectivity index (χ3v) is 5.21. The van der Waals surface area contributed by atoms with Crippen molar-refractivity contribution in [1.29, 1.82) is 0 Å². The van der Waals surface area contributed by atoms with E-state index in [4.69, 9.17) is 0 Å². The molecule has 0 amide bonds. The summed E-state index contributed by atoms with van der Waals surface area (Å²) in [5, 5.41) is 10.3. The fraction of sp³-hybridized carbons (Fsp3) is 0.938. The predicted molar refractivity (Wildman–Crippen MR) is 73.3 cm³/mol. The zero-order valence-corrected chi connectivity index (χ0v) is 11.7. The van der Waals surface area contributed by atoms with Crippen molar-refractivity contribution in [1.82, 2.24) is 0 Å². The molecule has 0 saturated heterocycles. The van der Waals surface area contributed by atoms with E-state index in [2.05, 4.69) is 6.92 Å². The summed E-state index contributed by atoms with van der Waals surface area (Å²) in [6.45, 7) is 2.24. The second-order valence-electron chi connectivity index (χ2n) is 6.37. The lowest BCUT2D eigenvalue weighted by molar-refractivity contribution is -0.135. The molecule has 0 aliphatic heterocycles. The Morgan fingerprint density at radius 2 is 1.67 bits per heavy atom. The normalized spacial score (nSPS) is 32.1. The predicted octanol–water partition coefficient (Wildman–Crippen LogP) is 3.71. The highest BCUT2D eigenvalue weighted by Crippen LogP contribution is 2.34. The van der Waals surface area contributed by atoms with E-state index >= 15 is 0 Å². The van der Waals surface area contributed by atoms with Gasteiger partial charge >= 0.3 is 0 Å². The van der Waals surface area contributed by atoms with Gasteiger partial charge in [0.2, 0.25) is 0 Å². The molecule has 2 aliphatic carbocycles. The highest BCUT2D eigenvalue weighted by atomic mass is 16.3. The van der Waals surface area contributed by atoms with Crippen LogP contribution in [0.15, 0.2) is 0 Å². The topological polar surface area (TPSA) is 37.3 Å².